The molecular weight excluding hydrogens is 240 g/mol. The van der Waals surface area contributed by atoms with Crippen LogP contribution in [0.25, 0.3) is 0 Å². The Morgan fingerprint density at radius 3 is 2.37 bits per heavy atom. The lowest BCUT2D eigenvalue weighted by Crippen LogP contribution is -2.29. The van der Waals surface area contributed by atoms with Gasteiger partial charge < -0.3 is 10.7 Å². The number of nitrogens with one attached hydrogen (secondary N) is 3. The highest BCUT2D eigenvalue weighted by Crippen LogP contribution is 2.22. The predicted octanol–water partition coefficient (Wildman–Crippen LogP) is 2.49. The summed E-state index contributed by atoms with van der Waals surface area (Å²) in [5.74, 6) is 0. The molecule has 5 nitrogen and oxygen atoms in total. The summed E-state index contributed by atoms with van der Waals surface area (Å²) in [6, 6.07) is 5.80. The standard InChI is InChI=1S/C14H22N4O/c1-4-11-8-7-9-12(5-2)13(11)18-14(19)15-10-17-16-6-3/h7-10,16H,4-6H2,1-3H3,(H2,15,17,18,19). The first-order chi connectivity index (χ1) is 9.22. The molecule has 1 aromatic carbocycles. The molecule has 0 aliphatic heterocycles. The fourth-order valence-corrected chi connectivity index (χ4v) is 1.78. The largest absolute Gasteiger partial charge is 0.324 e. The van der Waals surface area contributed by atoms with E-state index in [1.54, 1.807) is 0 Å². The number of benzene rings is 1. The van der Waals surface area contributed by atoms with Crippen molar-refractivity contribution in [3.63, 3.8) is 0 Å². The maximum absolute atomic E-state index is 11.8. The fourth-order valence-electron chi connectivity index (χ4n) is 1.78. The van der Waals surface area contributed by atoms with Crippen LogP contribution >= 0.6 is 0 Å². The van der Waals surface area contributed by atoms with E-state index in [0.29, 0.717) is 0 Å². The van der Waals surface area contributed by atoms with E-state index >= 15 is 0 Å². The second-order valence-electron chi connectivity index (χ2n) is 4.03. The van der Waals surface area contributed by atoms with Gasteiger partial charge in [0.05, 0.1) is 0 Å². The van der Waals surface area contributed by atoms with Crippen molar-refractivity contribution in [2.45, 2.75) is 33.6 Å². The molecule has 2 amide bonds. The molecule has 0 unspecified atom stereocenters. The van der Waals surface area contributed by atoms with Gasteiger partial charge in [-0.25, -0.2) is 4.79 Å². The van der Waals surface area contributed by atoms with E-state index in [1.165, 1.54) is 6.34 Å². The maximum atomic E-state index is 11.8. The molecule has 5 heteroatoms. The Morgan fingerprint density at radius 2 is 1.84 bits per heavy atom. The zero-order chi connectivity index (χ0) is 14.1. The van der Waals surface area contributed by atoms with Gasteiger partial charge in [0, 0.05) is 12.2 Å². The number of carbonyl (C=O) groups is 1. The first kappa shape index (κ1) is 15.0. The van der Waals surface area contributed by atoms with Crippen LogP contribution in [0.2, 0.25) is 0 Å². The van der Waals surface area contributed by atoms with Crippen molar-refractivity contribution in [2.75, 3.05) is 11.9 Å². The molecule has 0 spiro atoms. The van der Waals surface area contributed by atoms with Crippen molar-refractivity contribution < 1.29 is 4.79 Å². The summed E-state index contributed by atoms with van der Waals surface area (Å²) in [7, 11) is 0. The van der Waals surface area contributed by atoms with Gasteiger partial charge in [-0.05, 0) is 30.9 Å². The highest BCUT2D eigenvalue weighted by molar-refractivity contribution is 5.97. The van der Waals surface area contributed by atoms with Gasteiger partial charge in [0.25, 0.3) is 0 Å². The van der Waals surface area contributed by atoms with Gasteiger partial charge in [0.15, 0.2) is 0 Å². The quantitative estimate of drug-likeness (QED) is 0.419. The molecule has 0 atom stereocenters. The number of para-hydroxylation sites is 1. The molecule has 0 aliphatic rings. The van der Waals surface area contributed by atoms with E-state index in [0.717, 1.165) is 36.2 Å². The summed E-state index contributed by atoms with van der Waals surface area (Å²) in [5.41, 5.74) is 5.92. The lowest BCUT2D eigenvalue weighted by atomic mass is 10.0. The molecule has 0 aliphatic carbocycles. The number of hydrogen-bond acceptors (Lipinski definition) is 3. The van der Waals surface area contributed by atoms with E-state index in [-0.39, 0.29) is 6.03 Å². The molecule has 1 aromatic rings. The smallest absolute Gasteiger partial charge is 0.309 e. The van der Waals surface area contributed by atoms with Gasteiger partial charge in [-0.3, -0.25) is 5.32 Å². The molecule has 0 saturated heterocycles. The first-order valence-electron chi connectivity index (χ1n) is 6.65. The number of amides is 2. The SMILES string of the molecule is CCNN=CNC(=O)Nc1c(CC)cccc1CC. The Hall–Kier alpha value is -2.04. The molecule has 1 rings (SSSR count). The van der Waals surface area contributed by atoms with Crippen molar-refractivity contribution in [1.82, 2.24) is 10.7 Å². The second kappa shape index (κ2) is 8.13. The lowest BCUT2D eigenvalue weighted by Gasteiger charge is -2.13. The van der Waals surface area contributed by atoms with Crippen molar-refractivity contribution in [2.24, 2.45) is 5.10 Å². The van der Waals surface area contributed by atoms with E-state index < -0.39 is 0 Å². The fraction of sp³-hybridized carbons (Fsp3) is 0.429. The number of aryl methyl sites for hydroxylation is 2. The minimum absolute atomic E-state index is 0.280. The van der Waals surface area contributed by atoms with Crippen molar-refractivity contribution >= 4 is 18.1 Å². The number of carbonyl (C=O) groups excluding carboxylic acids is 1. The van der Waals surface area contributed by atoms with Crippen molar-refractivity contribution in [3.8, 4) is 0 Å². The number of nitrogens with zero attached hydrogens (tertiary/aromatic N) is 1. The first-order valence-corrected chi connectivity index (χ1v) is 6.65. The summed E-state index contributed by atoms with van der Waals surface area (Å²) < 4.78 is 0. The van der Waals surface area contributed by atoms with Crippen LogP contribution < -0.4 is 16.1 Å². The number of hydrazone groups is 1. The number of urea groups is 1. The monoisotopic (exact) mass is 262 g/mol. The molecule has 0 radical (unpaired) electrons. The van der Waals surface area contributed by atoms with Crippen LogP contribution in [-0.4, -0.2) is 18.9 Å². The Kier molecular flexibility index (Phi) is 6.43. The van der Waals surface area contributed by atoms with Crippen LogP contribution in [0.5, 0.6) is 0 Å². The van der Waals surface area contributed by atoms with Gasteiger partial charge >= 0.3 is 6.03 Å². The average molecular weight is 262 g/mol. The zero-order valence-electron chi connectivity index (χ0n) is 11.8. The molecular formula is C14H22N4O. The third kappa shape index (κ3) is 4.62. The van der Waals surface area contributed by atoms with Crippen LogP contribution in [0.3, 0.4) is 0 Å². The second-order valence-corrected chi connectivity index (χ2v) is 4.03. The summed E-state index contributed by atoms with van der Waals surface area (Å²) >= 11 is 0. The van der Waals surface area contributed by atoms with Crippen LogP contribution in [-0.2, 0) is 12.8 Å². The maximum Gasteiger partial charge on any atom is 0.324 e. The van der Waals surface area contributed by atoms with Gasteiger partial charge in [0.2, 0.25) is 0 Å². The molecule has 104 valence electrons. The molecule has 0 bridgehead atoms. The topological polar surface area (TPSA) is 65.5 Å². The highest BCUT2D eigenvalue weighted by Gasteiger charge is 2.08. The predicted molar refractivity (Wildman–Crippen MR) is 79.5 cm³/mol. The van der Waals surface area contributed by atoms with Gasteiger partial charge in [-0.15, -0.1) is 0 Å². The van der Waals surface area contributed by atoms with Gasteiger partial charge in [-0.1, -0.05) is 32.0 Å². The normalized spacial score (nSPS) is 10.5. The Labute approximate surface area is 114 Å². The summed E-state index contributed by atoms with van der Waals surface area (Å²) in [6.45, 7) is 6.80. The molecule has 0 heterocycles. The molecule has 19 heavy (non-hydrogen) atoms. The van der Waals surface area contributed by atoms with E-state index in [4.69, 9.17) is 0 Å². The minimum Gasteiger partial charge on any atom is -0.309 e. The molecule has 0 fully saturated rings. The van der Waals surface area contributed by atoms with Crippen LogP contribution in [0.15, 0.2) is 23.3 Å². The summed E-state index contributed by atoms with van der Waals surface area (Å²) in [4.78, 5) is 11.8. The third-order valence-corrected chi connectivity index (χ3v) is 2.75. The molecule has 0 aromatic heterocycles. The van der Waals surface area contributed by atoms with Gasteiger partial charge in [0.1, 0.15) is 6.34 Å². The van der Waals surface area contributed by atoms with E-state index in [2.05, 4.69) is 35.0 Å². The Morgan fingerprint density at radius 1 is 1.21 bits per heavy atom. The average Bonchev–Trinajstić information content (AvgIpc) is 2.43. The highest BCUT2D eigenvalue weighted by atomic mass is 16.2. The van der Waals surface area contributed by atoms with Crippen molar-refractivity contribution in [3.05, 3.63) is 29.3 Å². The minimum atomic E-state index is -0.280. The van der Waals surface area contributed by atoms with Crippen LogP contribution in [0.1, 0.15) is 31.9 Å². The number of anilines is 1. The van der Waals surface area contributed by atoms with Crippen LogP contribution in [0, 0.1) is 0 Å². The lowest BCUT2D eigenvalue weighted by molar-refractivity contribution is 0.256. The van der Waals surface area contributed by atoms with Gasteiger partial charge in [-0.2, -0.15) is 5.10 Å². The molecule has 0 saturated carbocycles. The summed E-state index contributed by atoms with van der Waals surface area (Å²) in [5, 5.41) is 9.26. The zero-order valence-corrected chi connectivity index (χ0v) is 11.8. The Balaban J connectivity index is 2.72. The van der Waals surface area contributed by atoms with Crippen molar-refractivity contribution in [1.29, 1.82) is 0 Å². The Bertz CT molecular complexity index is 421. The number of hydrogen-bond donors (Lipinski definition) is 3. The van der Waals surface area contributed by atoms with Crippen LogP contribution in [0.4, 0.5) is 10.5 Å². The van der Waals surface area contributed by atoms with E-state index in [1.807, 2.05) is 25.1 Å². The summed E-state index contributed by atoms with van der Waals surface area (Å²) in [6.07, 6.45) is 3.11. The molecule has 3 N–H and O–H groups in total. The van der Waals surface area contributed by atoms with E-state index in [9.17, 15) is 4.79 Å². The number of rotatable bonds is 6. The third-order valence-electron chi connectivity index (χ3n) is 2.75.